The van der Waals surface area contributed by atoms with Gasteiger partial charge in [-0.2, -0.15) is 0 Å². The summed E-state index contributed by atoms with van der Waals surface area (Å²) in [6.07, 6.45) is 3.69. The molecule has 2 rings (SSSR count). The summed E-state index contributed by atoms with van der Waals surface area (Å²) in [6, 6.07) is 8.52. The van der Waals surface area contributed by atoms with Crippen LogP contribution in [0.4, 0.5) is 0 Å². The molecule has 0 saturated carbocycles. The zero-order valence-corrected chi connectivity index (χ0v) is 11.7. The average molecular weight is 276 g/mol. The number of hydrogen-bond acceptors (Lipinski definition) is 3. The van der Waals surface area contributed by atoms with Crippen LogP contribution in [0.15, 0.2) is 60.4 Å². The largest absolute Gasteiger partial charge is 0.143 e. The van der Waals surface area contributed by atoms with Crippen LogP contribution in [0.3, 0.4) is 0 Å². The molecule has 0 spiro atoms. The fourth-order valence-corrected chi connectivity index (χ4v) is 3.79. The first kappa shape index (κ1) is 12.4. The molecule has 0 nitrogen and oxygen atoms in total. The molecule has 86 valence electrons. The van der Waals surface area contributed by atoms with Crippen LogP contribution in [-0.2, 0) is 0 Å². The number of rotatable bonds is 5. The Balaban J connectivity index is 2.10. The summed E-state index contributed by atoms with van der Waals surface area (Å²) >= 11 is 5.19. The van der Waals surface area contributed by atoms with E-state index in [9.17, 15) is 0 Å². The topological polar surface area (TPSA) is 0 Å². The lowest BCUT2D eigenvalue weighted by Crippen LogP contribution is -1.65. The van der Waals surface area contributed by atoms with Gasteiger partial charge in [-0.05, 0) is 29.0 Å². The van der Waals surface area contributed by atoms with Crippen molar-refractivity contribution in [2.75, 3.05) is 0 Å². The van der Waals surface area contributed by atoms with E-state index in [1.54, 1.807) is 40.5 Å². The fraction of sp³-hybridized carbons (Fsp3) is 0. The summed E-state index contributed by atoms with van der Waals surface area (Å²) in [6.45, 7) is 7.72. The van der Waals surface area contributed by atoms with E-state index >= 15 is 0 Å². The molecule has 17 heavy (non-hydrogen) atoms. The van der Waals surface area contributed by atoms with Crippen molar-refractivity contribution in [1.29, 1.82) is 0 Å². The average Bonchev–Trinajstić information content (AvgIpc) is 3.00. The molecule has 3 heteroatoms. The number of thioether (sulfide) groups is 1. The summed E-state index contributed by atoms with van der Waals surface area (Å²) in [7, 11) is 0. The molecule has 0 aliphatic heterocycles. The Labute approximate surface area is 114 Å². The predicted octanol–water partition coefficient (Wildman–Crippen LogP) is 5.88. The molecule has 2 heterocycles. The molecular weight excluding hydrogens is 264 g/mol. The first-order valence-corrected chi connectivity index (χ1v) is 7.66. The van der Waals surface area contributed by atoms with Crippen molar-refractivity contribution in [2.45, 2.75) is 0 Å². The highest BCUT2D eigenvalue weighted by Gasteiger charge is 2.05. The highest BCUT2D eigenvalue weighted by Crippen LogP contribution is 2.37. The first-order valence-electron chi connectivity index (χ1n) is 5.08. The lowest BCUT2D eigenvalue weighted by molar-refractivity contribution is 1.91. The smallest absolute Gasteiger partial charge is 0.0449 e. The lowest BCUT2D eigenvalue weighted by Gasteiger charge is -1.96. The monoisotopic (exact) mass is 276 g/mol. The molecule has 0 radical (unpaired) electrons. The van der Waals surface area contributed by atoms with Crippen molar-refractivity contribution in [2.24, 2.45) is 0 Å². The Morgan fingerprint density at radius 3 is 2.82 bits per heavy atom. The zero-order valence-electron chi connectivity index (χ0n) is 9.26. The third kappa shape index (κ3) is 3.22. The summed E-state index contributed by atoms with van der Waals surface area (Å²) in [5, 5.41) is 4.10. The van der Waals surface area contributed by atoms with Crippen molar-refractivity contribution < 1.29 is 0 Å². The summed E-state index contributed by atoms with van der Waals surface area (Å²) < 4.78 is 0. The summed E-state index contributed by atoms with van der Waals surface area (Å²) in [5.41, 5.74) is 0. The normalized spacial score (nSPS) is 10.8. The van der Waals surface area contributed by atoms with Gasteiger partial charge in [0.2, 0.25) is 0 Å². The van der Waals surface area contributed by atoms with E-state index in [1.807, 2.05) is 11.5 Å². The Morgan fingerprint density at radius 1 is 1.24 bits per heavy atom. The van der Waals surface area contributed by atoms with E-state index in [-0.39, 0.29) is 0 Å². The van der Waals surface area contributed by atoms with Gasteiger partial charge in [-0.1, -0.05) is 43.1 Å². The quantitative estimate of drug-likeness (QED) is 0.614. The fourth-order valence-electron chi connectivity index (χ4n) is 1.27. The maximum Gasteiger partial charge on any atom is 0.0449 e. The van der Waals surface area contributed by atoms with Gasteiger partial charge >= 0.3 is 0 Å². The third-order valence-electron chi connectivity index (χ3n) is 2.07. The van der Waals surface area contributed by atoms with Crippen molar-refractivity contribution in [1.82, 2.24) is 0 Å². The van der Waals surface area contributed by atoms with Gasteiger partial charge in [0.05, 0.1) is 0 Å². The molecule has 0 aliphatic rings. The van der Waals surface area contributed by atoms with Crippen LogP contribution >= 0.6 is 34.4 Å². The second kappa shape index (κ2) is 6.05. The molecule has 2 aromatic heterocycles. The van der Waals surface area contributed by atoms with Gasteiger partial charge in [0.15, 0.2) is 0 Å². The van der Waals surface area contributed by atoms with E-state index in [0.717, 1.165) is 4.91 Å². The van der Waals surface area contributed by atoms with Crippen LogP contribution in [-0.4, -0.2) is 0 Å². The Bertz CT molecular complexity index is 530. The van der Waals surface area contributed by atoms with Gasteiger partial charge in [-0.3, -0.25) is 0 Å². The van der Waals surface area contributed by atoms with Crippen LogP contribution in [0.25, 0.3) is 14.7 Å². The summed E-state index contributed by atoms with van der Waals surface area (Å²) in [5.74, 6) is 0. The van der Waals surface area contributed by atoms with E-state index in [4.69, 9.17) is 0 Å². The highest BCUT2D eigenvalue weighted by molar-refractivity contribution is 8.11. The van der Waals surface area contributed by atoms with Gasteiger partial charge in [-0.25, -0.2) is 0 Å². The van der Waals surface area contributed by atoms with Gasteiger partial charge in [0.1, 0.15) is 0 Å². The third-order valence-corrected chi connectivity index (χ3v) is 5.21. The molecule has 0 atom stereocenters. The minimum atomic E-state index is 1.08. The molecule has 2 aromatic rings. The van der Waals surface area contributed by atoms with Crippen LogP contribution in [0.2, 0.25) is 0 Å². The number of hydrogen-bond donors (Lipinski definition) is 0. The van der Waals surface area contributed by atoms with Gasteiger partial charge < -0.3 is 0 Å². The Morgan fingerprint density at radius 2 is 2.12 bits per heavy atom. The van der Waals surface area contributed by atoms with E-state index < -0.39 is 0 Å². The molecule has 0 saturated heterocycles. The van der Waals surface area contributed by atoms with Gasteiger partial charge in [0.25, 0.3) is 0 Å². The SMILES string of the molecule is C=C/C=C\SC(=C)c1ccc(-c2cccs2)s1. The molecular formula is C14H12S3. The molecule has 0 unspecified atom stereocenters. The Hall–Kier alpha value is -1.03. The number of allylic oxidation sites excluding steroid dienone is 2. The van der Waals surface area contributed by atoms with E-state index in [0.29, 0.717) is 0 Å². The van der Waals surface area contributed by atoms with Crippen molar-refractivity contribution >= 4 is 39.3 Å². The second-order valence-corrected chi connectivity index (χ2v) is 6.28. The van der Waals surface area contributed by atoms with E-state index in [2.05, 4.69) is 42.8 Å². The molecule has 0 fully saturated rings. The second-order valence-electron chi connectivity index (χ2n) is 3.25. The molecule has 0 aromatic carbocycles. The van der Waals surface area contributed by atoms with Crippen molar-refractivity contribution in [3.8, 4) is 9.75 Å². The maximum absolute atomic E-state index is 4.08. The molecule has 0 bridgehead atoms. The predicted molar refractivity (Wildman–Crippen MR) is 83.6 cm³/mol. The lowest BCUT2D eigenvalue weighted by atomic mass is 10.4. The van der Waals surface area contributed by atoms with Crippen LogP contribution in [0, 0.1) is 0 Å². The molecule has 0 aliphatic carbocycles. The molecule has 0 N–H and O–H groups in total. The van der Waals surface area contributed by atoms with Crippen LogP contribution in [0.5, 0.6) is 0 Å². The highest BCUT2D eigenvalue weighted by atomic mass is 32.2. The maximum atomic E-state index is 4.08. The van der Waals surface area contributed by atoms with Crippen molar-refractivity contribution in [3.05, 3.63) is 65.2 Å². The minimum Gasteiger partial charge on any atom is -0.143 e. The summed E-state index contributed by atoms with van der Waals surface area (Å²) in [4.78, 5) is 4.94. The minimum absolute atomic E-state index is 1.08. The van der Waals surface area contributed by atoms with Crippen LogP contribution in [0.1, 0.15) is 4.88 Å². The van der Waals surface area contributed by atoms with Gasteiger partial charge in [-0.15, -0.1) is 22.7 Å². The van der Waals surface area contributed by atoms with Crippen molar-refractivity contribution in [3.63, 3.8) is 0 Å². The standard InChI is InChI=1S/C14H12S3/c1-3-4-9-15-11(2)12-7-8-14(17-12)13-6-5-10-16-13/h3-10H,1-2H2/b9-4-. The first-order chi connectivity index (χ1) is 8.31. The number of thiophene rings is 2. The van der Waals surface area contributed by atoms with Crippen LogP contribution < -0.4 is 0 Å². The van der Waals surface area contributed by atoms with Gasteiger partial charge in [0, 0.05) is 19.5 Å². The zero-order chi connectivity index (χ0) is 12.1. The molecule has 0 amide bonds. The van der Waals surface area contributed by atoms with E-state index in [1.165, 1.54) is 14.6 Å². The Kier molecular flexibility index (Phi) is 4.42.